The highest BCUT2D eigenvalue weighted by Crippen LogP contribution is 2.45. The molecule has 0 saturated heterocycles. The van der Waals surface area contributed by atoms with Gasteiger partial charge in [-0.15, -0.1) is 0 Å². The maximum absolute atomic E-state index is 13.1. The number of aliphatic hydroxyl groups excluding tert-OH is 1. The van der Waals surface area contributed by atoms with E-state index in [1.54, 1.807) is 0 Å². The van der Waals surface area contributed by atoms with E-state index in [4.69, 9.17) is 37.0 Å². The van der Waals surface area contributed by atoms with Crippen LogP contribution >= 0.6 is 15.6 Å². The molecule has 0 bridgehead atoms. The zero-order chi connectivity index (χ0) is 76.0. The van der Waals surface area contributed by atoms with Crippen LogP contribution in [-0.4, -0.2) is 96.7 Å². The lowest BCUT2D eigenvalue weighted by Crippen LogP contribution is -2.30. The lowest BCUT2D eigenvalue weighted by atomic mass is 10.1. The summed E-state index contributed by atoms with van der Waals surface area (Å²) in [5, 5.41) is 10.6. The van der Waals surface area contributed by atoms with E-state index < -0.39 is 97.5 Å². The molecular weight excluding hydrogens is 1350 g/mol. The molecule has 0 aromatic carbocycles. The van der Waals surface area contributed by atoms with Gasteiger partial charge in [-0.1, -0.05) is 255 Å². The van der Waals surface area contributed by atoms with Crippen molar-refractivity contribution in [2.75, 3.05) is 39.6 Å². The summed E-state index contributed by atoms with van der Waals surface area (Å²) in [5.41, 5.74) is 0. The summed E-state index contributed by atoms with van der Waals surface area (Å²) in [6.45, 7) is 4.26. The van der Waals surface area contributed by atoms with Gasteiger partial charge in [-0.05, 0) is 173 Å². The summed E-state index contributed by atoms with van der Waals surface area (Å²) < 4.78 is 68.5. The Morgan fingerprint density at radius 2 is 0.471 bits per heavy atom. The third kappa shape index (κ3) is 74.4. The van der Waals surface area contributed by atoms with Gasteiger partial charge in [0, 0.05) is 25.7 Å². The number of phosphoric acid groups is 2. The van der Waals surface area contributed by atoms with Crippen LogP contribution in [0.2, 0.25) is 0 Å². The van der Waals surface area contributed by atoms with Gasteiger partial charge in [-0.3, -0.25) is 37.3 Å². The molecule has 0 fully saturated rings. The van der Waals surface area contributed by atoms with E-state index >= 15 is 0 Å². The molecule has 0 aromatic heterocycles. The number of carbonyl (C=O) groups excluding carboxylic acids is 4. The number of rotatable bonds is 71. The Balaban J connectivity index is 5.47. The summed E-state index contributed by atoms with van der Waals surface area (Å²) >= 11 is 0. The number of ether oxygens (including phenoxy) is 4. The van der Waals surface area contributed by atoms with Gasteiger partial charge in [-0.2, -0.15) is 0 Å². The van der Waals surface area contributed by atoms with Crippen molar-refractivity contribution in [3.63, 3.8) is 0 Å². The second-order valence-electron chi connectivity index (χ2n) is 25.1. The Morgan fingerprint density at radius 1 is 0.269 bits per heavy atom. The van der Waals surface area contributed by atoms with Crippen LogP contribution in [0.25, 0.3) is 0 Å². The standard InChI is InChI=1S/C85H136O17P2/c1-5-9-13-17-21-25-29-33-37-38-39-40-44-46-50-54-58-62-66-70-83(88)96-76-81(102-85(90)72-68-64-60-56-52-48-43-36-32-28-24-20-16-12-8-4)78-100-104(93,94)98-74-79(86)73-97-103(91,92)99-77-80(101-84(89)71-67-63-59-55-51-47-42-35-31-27-23-19-15-11-7-3)75-95-82(87)69-65-61-57-53-49-45-41-34-30-26-22-18-14-10-6-2/h9-16,21-28,33-37,39-43,49,51,53,55,79-81,86H,5-8,17-20,29-32,38,44-48,50,52,54,56-78H2,1-4H3,(H,91,92)(H,93,94)/b13-9-,14-10-,15-11-,16-12-,25-21-,26-22-,27-23-,28-24-,37-33-,40-39-,41-34-,42-35-,43-36-,53-49-,55-51-. The number of hydrogen-bond acceptors (Lipinski definition) is 15. The zero-order valence-corrected chi connectivity index (χ0v) is 65.9. The molecular formula is C85H136O17P2. The molecule has 0 saturated carbocycles. The van der Waals surface area contributed by atoms with Crippen LogP contribution in [0.3, 0.4) is 0 Å². The average molecular weight is 1490 g/mol. The van der Waals surface area contributed by atoms with E-state index in [0.29, 0.717) is 32.1 Å². The maximum Gasteiger partial charge on any atom is 0.472 e. The molecule has 3 N–H and O–H groups in total. The summed E-state index contributed by atoms with van der Waals surface area (Å²) in [6, 6.07) is 0. The fraction of sp³-hybridized carbons (Fsp3) is 0.600. The number of phosphoric ester groups is 2. The van der Waals surface area contributed by atoms with Crippen molar-refractivity contribution in [2.24, 2.45) is 0 Å². The molecule has 0 heterocycles. The molecule has 17 nitrogen and oxygen atoms in total. The summed E-state index contributed by atoms with van der Waals surface area (Å²) in [7, 11) is -10.0. The molecule has 19 heteroatoms. The van der Waals surface area contributed by atoms with Crippen molar-refractivity contribution in [1.29, 1.82) is 0 Å². The van der Waals surface area contributed by atoms with Crippen LogP contribution in [0, 0.1) is 0 Å². The topological polar surface area (TPSA) is 237 Å². The minimum atomic E-state index is -5.01. The van der Waals surface area contributed by atoms with Gasteiger partial charge in [0.2, 0.25) is 0 Å². The van der Waals surface area contributed by atoms with Crippen molar-refractivity contribution in [1.82, 2.24) is 0 Å². The lowest BCUT2D eigenvalue weighted by Gasteiger charge is -2.21. The zero-order valence-electron chi connectivity index (χ0n) is 64.1. The van der Waals surface area contributed by atoms with Crippen LogP contribution in [0.4, 0.5) is 0 Å². The molecule has 0 aliphatic heterocycles. The first kappa shape index (κ1) is 98.2. The van der Waals surface area contributed by atoms with Gasteiger partial charge in [-0.25, -0.2) is 9.13 Å². The van der Waals surface area contributed by atoms with Crippen LogP contribution in [0.15, 0.2) is 182 Å². The number of aliphatic hydroxyl groups is 1. The average Bonchev–Trinajstić information content (AvgIpc) is 0.918. The van der Waals surface area contributed by atoms with Crippen molar-refractivity contribution in [3.8, 4) is 0 Å². The first-order valence-corrected chi connectivity index (χ1v) is 42.0. The van der Waals surface area contributed by atoms with Gasteiger partial charge in [0.25, 0.3) is 0 Å². The smallest absolute Gasteiger partial charge is 0.462 e. The fourth-order valence-electron chi connectivity index (χ4n) is 9.56. The van der Waals surface area contributed by atoms with Gasteiger partial charge in [0.1, 0.15) is 19.3 Å². The van der Waals surface area contributed by atoms with Crippen LogP contribution in [0.5, 0.6) is 0 Å². The van der Waals surface area contributed by atoms with Crippen LogP contribution in [0.1, 0.15) is 272 Å². The highest BCUT2D eigenvalue weighted by molar-refractivity contribution is 7.47. The summed E-state index contributed by atoms with van der Waals surface area (Å²) in [4.78, 5) is 73.0. The van der Waals surface area contributed by atoms with Crippen molar-refractivity contribution in [2.45, 2.75) is 290 Å². The third-order valence-electron chi connectivity index (χ3n) is 15.4. The molecule has 0 aromatic rings. The van der Waals surface area contributed by atoms with E-state index in [-0.39, 0.29) is 25.7 Å². The normalized spacial score (nSPS) is 14.9. The number of allylic oxidation sites excluding steroid dienone is 30. The summed E-state index contributed by atoms with van der Waals surface area (Å²) in [6.07, 6.45) is 90.3. The van der Waals surface area contributed by atoms with Gasteiger partial charge >= 0.3 is 39.5 Å². The molecule has 0 radical (unpaired) electrons. The highest BCUT2D eigenvalue weighted by atomic mass is 31.2. The van der Waals surface area contributed by atoms with E-state index in [0.717, 1.165) is 186 Å². The van der Waals surface area contributed by atoms with E-state index in [1.807, 2.05) is 0 Å². The highest BCUT2D eigenvalue weighted by Gasteiger charge is 2.30. The number of unbranched alkanes of at least 4 members (excludes halogenated alkanes) is 15. The van der Waals surface area contributed by atoms with E-state index in [1.165, 1.54) is 0 Å². The molecule has 588 valence electrons. The van der Waals surface area contributed by atoms with Crippen LogP contribution < -0.4 is 0 Å². The minimum absolute atomic E-state index is 0.0261. The molecule has 0 aliphatic carbocycles. The Labute approximate surface area is 628 Å². The van der Waals surface area contributed by atoms with Crippen molar-refractivity contribution < 1.29 is 80.2 Å². The third-order valence-corrected chi connectivity index (χ3v) is 17.3. The van der Waals surface area contributed by atoms with Gasteiger partial charge < -0.3 is 33.8 Å². The number of hydrogen-bond donors (Lipinski definition) is 3. The molecule has 5 unspecified atom stereocenters. The number of esters is 4. The first-order chi connectivity index (χ1) is 50.7. The SMILES string of the molecule is CC/C=C\C/C=C\C/C=C\C/C=C\CCCCCCCCC(=O)OCC(COP(=O)(O)OCC(O)COP(=O)(O)OCC(COC(=O)CCCC/C=C\C/C=C\C/C=C\C/C=C\CC)OC(=O)CCCC/C=C\C/C=C\C/C=C\C/C=C\CC)OC(=O)CCCCCCC/C=C\C/C=C\C/C=C\CC. The largest absolute Gasteiger partial charge is 0.472 e. The first-order valence-electron chi connectivity index (χ1n) is 39.0. The molecule has 0 aliphatic rings. The monoisotopic (exact) mass is 1490 g/mol. The summed E-state index contributed by atoms with van der Waals surface area (Å²) in [5.74, 6) is -2.32. The van der Waals surface area contributed by atoms with Crippen molar-refractivity contribution >= 4 is 39.5 Å². The number of carbonyl (C=O) groups is 4. The van der Waals surface area contributed by atoms with E-state index in [2.05, 4.69) is 210 Å². The molecule has 0 amide bonds. The van der Waals surface area contributed by atoms with Gasteiger partial charge in [0.15, 0.2) is 12.2 Å². The Bertz CT molecular complexity index is 2690. The molecule has 0 spiro atoms. The Morgan fingerprint density at radius 3 is 0.740 bits per heavy atom. The minimum Gasteiger partial charge on any atom is -0.462 e. The quantitative estimate of drug-likeness (QED) is 0.0169. The van der Waals surface area contributed by atoms with Gasteiger partial charge in [0.05, 0.1) is 26.4 Å². The molecule has 104 heavy (non-hydrogen) atoms. The predicted octanol–water partition coefficient (Wildman–Crippen LogP) is 22.8. The Kier molecular flexibility index (Phi) is 71.2. The van der Waals surface area contributed by atoms with Crippen LogP contribution in [-0.2, 0) is 65.4 Å². The maximum atomic E-state index is 13.1. The van der Waals surface area contributed by atoms with E-state index in [9.17, 15) is 43.2 Å². The van der Waals surface area contributed by atoms with Crippen molar-refractivity contribution in [3.05, 3.63) is 182 Å². The predicted molar refractivity (Wildman–Crippen MR) is 426 cm³/mol. The second kappa shape index (κ2) is 75.4. The Hall–Kier alpha value is -5.84. The molecule has 0 rings (SSSR count). The molecule has 5 atom stereocenters. The second-order valence-corrected chi connectivity index (χ2v) is 28.0. The lowest BCUT2D eigenvalue weighted by molar-refractivity contribution is -0.161. The fourth-order valence-corrected chi connectivity index (χ4v) is 11.1.